The second-order valence-electron chi connectivity index (χ2n) is 9.21. The molecule has 1 saturated carbocycles. The van der Waals surface area contributed by atoms with Crippen LogP contribution in [0, 0.1) is 0 Å². The zero-order valence-corrected chi connectivity index (χ0v) is 20.8. The standard InChI is InChI=1S/C26H25F6N3O2S/c1-38(37,21-9-5-19(6-10-21)35-23-11-4-18(15-34-23)25(27,28)29)20-7-2-16(3-8-20)17-12-13-33-22(14-17)24(36)26(30,31)32/h2-4,7-8,11-15,19,21,24,36H,1,5-6,9-10H2,(H,34,35). The molecule has 0 aliphatic heterocycles. The first kappa shape index (κ1) is 27.9. The van der Waals surface area contributed by atoms with Gasteiger partial charge in [-0.15, -0.1) is 0 Å². The lowest BCUT2D eigenvalue weighted by molar-refractivity contribution is -0.207. The Labute approximate surface area is 216 Å². The number of nitrogens with one attached hydrogen (secondary N) is 1. The number of pyridine rings is 2. The van der Waals surface area contributed by atoms with Crippen LogP contribution in [0.15, 0.2) is 65.8 Å². The van der Waals surface area contributed by atoms with Gasteiger partial charge in [0.15, 0.2) is 6.10 Å². The van der Waals surface area contributed by atoms with Gasteiger partial charge in [-0.1, -0.05) is 12.1 Å². The van der Waals surface area contributed by atoms with E-state index in [9.17, 15) is 35.7 Å². The van der Waals surface area contributed by atoms with Crippen LogP contribution in [0.2, 0.25) is 0 Å². The van der Waals surface area contributed by atoms with Gasteiger partial charge in [-0.2, -0.15) is 26.3 Å². The summed E-state index contributed by atoms with van der Waals surface area (Å²) in [5.74, 6) is 4.33. The van der Waals surface area contributed by atoms with Crippen molar-refractivity contribution in [2.75, 3.05) is 5.32 Å². The predicted octanol–water partition coefficient (Wildman–Crippen LogP) is 6.26. The minimum absolute atomic E-state index is 0.0269. The van der Waals surface area contributed by atoms with E-state index in [2.05, 4.69) is 21.2 Å². The summed E-state index contributed by atoms with van der Waals surface area (Å²) < 4.78 is 90.3. The second kappa shape index (κ2) is 10.6. The van der Waals surface area contributed by atoms with Gasteiger partial charge in [0.05, 0.1) is 11.3 Å². The highest BCUT2D eigenvalue weighted by Gasteiger charge is 2.40. The molecule has 0 spiro atoms. The lowest BCUT2D eigenvalue weighted by Crippen LogP contribution is -2.33. The first-order chi connectivity index (χ1) is 17.7. The molecule has 2 aromatic heterocycles. The Morgan fingerprint density at radius 3 is 2.13 bits per heavy atom. The molecule has 2 unspecified atom stereocenters. The van der Waals surface area contributed by atoms with E-state index in [4.69, 9.17) is 0 Å². The van der Waals surface area contributed by atoms with E-state index in [1.807, 2.05) is 0 Å². The van der Waals surface area contributed by atoms with Gasteiger partial charge in [-0.05, 0) is 88.6 Å². The van der Waals surface area contributed by atoms with Crippen molar-refractivity contribution >= 4 is 21.2 Å². The summed E-state index contributed by atoms with van der Waals surface area (Å²) in [4.78, 5) is 7.98. The molecule has 2 heterocycles. The molecule has 204 valence electrons. The fraction of sp³-hybridized carbons (Fsp3) is 0.346. The molecule has 1 aromatic carbocycles. The molecule has 3 aromatic rings. The number of benzene rings is 1. The van der Waals surface area contributed by atoms with Crippen LogP contribution >= 0.6 is 0 Å². The average Bonchev–Trinajstić information content (AvgIpc) is 2.88. The number of aromatic nitrogens is 2. The van der Waals surface area contributed by atoms with Crippen molar-refractivity contribution in [2.24, 2.45) is 0 Å². The van der Waals surface area contributed by atoms with Crippen LogP contribution in [-0.4, -0.2) is 42.6 Å². The van der Waals surface area contributed by atoms with Crippen molar-refractivity contribution in [2.45, 2.75) is 60.3 Å². The number of hydrogen-bond acceptors (Lipinski definition) is 5. The predicted molar refractivity (Wildman–Crippen MR) is 133 cm³/mol. The monoisotopic (exact) mass is 557 g/mol. The van der Waals surface area contributed by atoms with Crippen molar-refractivity contribution in [1.29, 1.82) is 0 Å². The van der Waals surface area contributed by atoms with Crippen molar-refractivity contribution in [3.8, 4) is 11.1 Å². The Hall–Kier alpha value is -3.12. The molecule has 1 fully saturated rings. The normalized spacial score (nSPS) is 20.9. The molecule has 0 saturated heterocycles. The number of hydrogen-bond donors (Lipinski definition) is 2. The third-order valence-electron chi connectivity index (χ3n) is 6.61. The molecule has 0 radical (unpaired) electrons. The summed E-state index contributed by atoms with van der Waals surface area (Å²) in [5, 5.41) is 12.4. The highest BCUT2D eigenvalue weighted by Crippen LogP contribution is 2.35. The third kappa shape index (κ3) is 6.29. The summed E-state index contributed by atoms with van der Waals surface area (Å²) in [6.45, 7) is 0. The van der Waals surface area contributed by atoms with Crippen LogP contribution in [0.3, 0.4) is 0 Å². The molecule has 1 aliphatic carbocycles. The number of anilines is 1. The lowest BCUT2D eigenvalue weighted by atomic mass is 9.95. The zero-order chi connectivity index (χ0) is 27.7. The Balaban J connectivity index is 1.39. The third-order valence-corrected chi connectivity index (χ3v) is 9.23. The fourth-order valence-corrected chi connectivity index (χ4v) is 6.47. The number of halogens is 6. The minimum atomic E-state index is -4.84. The smallest absolute Gasteiger partial charge is 0.378 e. The molecule has 12 heteroatoms. The zero-order valence-electron chi connectivity index (χ0n) is 20.0. The first-order valence-corrected chi connectivity index (χ1v) is 13.5. The van der Waals surface area contributed by atoms with Crippen molar-refractivity contribution in [1.82, 2.24) is 9.97 Å². The summed E-state index contributed by atoms with van der Waals surface area (Å²) >= 11 is 0. The summed E-state index contributed by atoms with van der Waals surface area (Å²) in [6, 6.07) is 11.5. The Kier molecular flexibility index (Phi) is 7.76. The Morgan fingerprint density at radius 1 is 0.921 bits per heavy atom. The van der Waals surface area contributed by atoms with Crippen molar-refractivity contribution in [3.05, 3.63) is 72.2 Å². The van der Waals surface area contributed by atoms with Gasteiger partial charge in [0.25, 0.3) is 0 Å². The highest BCUT2D eigenvalue weighted by molar-refractivity contribution is 8.00. The SMILES string of the molecule is C=S(=O)(c1ccc(-c2ccnc(C(O)C(F)(F)F)c2)cc1)C1CCC(Nc2ccc(C(F)(F)F)cn2)CC1. The molecular formula is C26H25F6N3O2S. The number of alkyl halides is 6. The van der Waals surface area contributed by atoms with E-state index < -0.39 is 39.2 Å². The lowest BCUT2D eigenvalue weighted by Gasteiger charge is -2.31. The Morgan fingerprint density at radius 2 is 1.58 bits per heavy atom. The van der Waals surface area contributed by atoms with Crippen molar-refractivity contribution < 1.29 is 35.7 Å². The van der Waals surface area contributed by atoms with E-state index in [0.717, 1.165) is 18.3 Å². The number of nitrogens with zero attached hydrogens (tertiary/aromatic N) is 2. The minimum Gasteiger partial charge on any atom is -0.378 e. The van der Waals surface area contributed by atoms with Gasteiger partial charge < -0.3 is 10.4 Å². The number of aliphatic hydroxyl groups excluding tert-OH is 1. The Bertz CT molecular complexity index is 1350. The van der Waals surface area contributed by atoms with Gasteiger partial charge in [0.2, 0.25) is 0 Å². The highest BCUT2D eigenvalue weighted by atomic mass is 32.2. The van der Waals surface area contributed by atoms with E-state index in [1.54, 1.807) is 24.3 Å². The maximum absolute atomic E-state index is 13.6. The maximum Gasteiger partial charge on any atom is 0.420 e. The molecule has 2 atom stereocenters. The average molecular weight is 558 g/mol. The molecule has 4 rings (SSSR count). The maximum atomic E-state index is 13.6. The molecule has 38 heavy (non-hydrogen) atoms. The summed E-state index contributed by atoms with van der Waals surface area (Å²) in [6.07, 6.45) is -7.56. The largest absolute Gasteiger partial charge is 0.420 e. The van der Waals surface area contributed by atoms with Crippen LogP contribution in [0.4, 0.5) is 32.2 Å². The molecule has 0 amide bonds. The van der Waals surface area contributed by atoms with E-state index in [0.29, 0.717) is 47.5 Å². The van der Waals surface area contributed by atoms with Gasteiger partial charge in [-0.3, -0.25) is 9.19 Å². The van der Waals surface area contributed by atoms with Gasteiger partial charge in [0.1, 0.15) is 5.82 Å². The molecular weight excluding hydrogens is 532 g/mol. The van der Waals surface area contributed by atoms with Gasteiger partial charge in [-0.25, -0.2) is 4.98 Å². The van der Waals surface area contributed by atoms with E-state index in [-0.39, 0.29) is 11.3 Å². The second-order valence-corrected chi connectivity index (χ2v) is 11.8. The van der Waals surface area contributed by atoms with Crippen LogP contribution in [-0.2, 0) is 15.7 Å². The molecule has 0 bridgehead atoms. The van der Waals surface area contributed by atoms with Crippen LogP contribution < -0.4 is 5.32 Å². The molecule has 5 nitrogen and oxygen atoms in total. The van der Waals surface area contributed by atoms with Gasteiger partial charge in [0, 0.05) is 28.6 Å². The van der Waals surface area contributed by atoms with Crippen LogP contribution in [0.25, 0.3) is 11.1 Å². The van der Waals surface area contributed by atoms with Crippen molar-refractivity contribution in [3.63, 3.8) is 0 Å². The quantitative estimate of drug-likeness (QED) is 0.277. The van der Waals surface area contributed by atoms with E-state index in [1.165, 1.54) is 18.3 Å². The number of rotatable bonds is 6. The number of aliphatic hydroxyl groups is 1. The summed E-state index contributed by atoms with van der Waals surface area (Å²) in [7, 11) is -2.69. The van der Waals surface area contributed by atoms with E-state index >= 15 is 0 Å². The van der Waals surface area contributed by atoms with Crippen LogP contribution in [0.1, 0.15) is 43.0 Å². The molecule has 1 aliphatic rings. The topological polar surface area (TPSA) is 75.1 Å². The first-order valence-electron chi connectivity index (χ1n) is 11.7. The van der Waals surface area contributed by atoms with Crippen LogP contribution in [0.5, 0.6) is 0 Å². The summed E-state index contributed by atoms with van der Waals surface area (Å²) in [5.41, 5.74) is -0.350. The fourth-order valence-electron chi connectivity index (χ4n) is 4.46. The van der Waals surface area contributed by atoms with Gasteiger partial charge >= 0.3 is 12.4 Å². The molecule has 2 N–H and O–H groups in total.